The predicted molar refractivity (Wildman–Crippen MR) is 87.3 cm³/mol. The third kappa shape index (κ3) is 4.46. The molecule has 0 aliphatic heterocycles. The number of nitrogens with zero attached hydrogens (tertiary/aromatic N) is 2. The van der Waals surface area contributed by atoms with Crippen molar-refractivity contribution in [1.82, 2.24) is 15.2 Å². The summed E-state index contributed by atoms with van der Waals surface area (Å²) in [7, 11) is 3.65. The van der Waals surface area contributed by atoms with Gasteiger partial charge in [0.25, 0.3) is 5.91 Å². The number of alkyl halides is 3. The molecule has 24 heavy (non-hydrogen) atoms. The lowest BCUT2D eigenvalue weighted by molar-refractivity contribution is -0.137. The number of benzene rings is 1. The van der Waals surface area contributed by atoms with Crippen LogP contribution >= 0.6 is 22.9 Å². The molecular weight excluding hydrogens is 363 g/mol. The number of amides is 1. The number of carbonyl (C=O) groups is 1. The summed E-state index contributed by atoms with van der Waals surface area (Å²) in [6.45, 7) is 0.189. The molecule has 1 aromatic heterocycles. The standard InChI is InChI=1S/C15H15ClF3N3OS/c1-22(2)12(9-5-3-4-6-10(9)16)7-20-13(23)11-8-24-14(21-11)15(17,18)19/h3-6,8,12H,7H2,1-2H3,(H,20,23). The summed E-state index contributed by atoms with van der Waals surface area (Å²) < 4.78 is 37.6. The minimum atomic E-state index is -4.55. The first kappa shape index (κ1) is 18.7. The fourth-order valence-electron chi connectivity index (χ4n) is 2.10. The number of nitrogens with one attached hydrogen (secondary N) is 1. The maximum Gasteiger partial charge on any atom is 0.443 e. The zero-order valence-electron chi connectivity index (χ0n) is 12.9. The first-order chi connectivity index (χ1) is 11.2. The number of thiazole rings is 1. The van der Waals surface area contributed by atoms with E-state index in [4.69, 9.17) is 11.6 Å². The van der Waals surface area contributed by atoms with E-state index < -0.39 is 17.1 Å². The fraction of sp³-hybridized carbons (Fsp3) is 0.333. The van der Waals surface area contributed by atoms with Crippen LogP contribution in [0.1, 0.15) is 27.1 Å². The van der Waals surface area contributed by atoms with Gasteiger partial charge in [-0.15, -0.1) is 11.3 Å². The third-order valence-electron chi connectivity index (χ3n) is 3.32. The third-order valence-corrected chi connectivity index (χ3v) is 4.55. The Balaban J connectivity index is 2.08. The van der Waals surface area contributed by atoms with Gasteiger partial charge < -0.3 is 10.2 Å². The summed E-state index contributed by atoms with van der Waals surface area (Å²) in [5.74, 6) is -0.652. The Kier molecular flexibility index (Phi) is 5.84. The van der Waals surface area contributed by atoms with Crippen LogP contribution in [0, 0.1) is 0 Å². The summed E-state index contributed by atoms with van der Waals surface area (Å²) in [4.78, 5) is 17.2. The molecule has 1 amide bonds. The second-order valence-electron chi connectivity index (χ2n) is 5.25. The van der Waals surface area contributed by atoms with Crippen molar-refractivity contribution in [3.8, 4) is 0 Å². The fourth-order valence-corrected chi connectivity index (χ4v) is 3.03. The maximum absolute atomic E-state index is 12.5. The van der Waals surface area contributed by atoms with E-state index in [1.807, 2.05) is 31.1 Å². The quantitative estimate of drug-likeness (QED) is 0.860. The zero-order chi connectivity index (χ0) is 17.9. The number of hydrogen-bond donors (Lipinski definition) is 1. The molecule has 9 heteroatoms. The van der Waals surface area contributed by atoms with E-state index in [2.05, 4.69) is 10.3 Å². The van der Waals surface area contributed by atoms with Gasteiger partial charge in [-0.25, -0.2) is 4.98 Å². The molecule has 0 fully saturated rings. The molecule has 4 nitrogen and oxygen atoms in total. The Labute approximate surface area is 146 Å². The van der Waals surface area contributed by atoms with Crippen LogP contribution in [0.2, 0.25) is 5.02 Å². The van der Waals surface area contributed by atoms with Crippen LogP contribution in [0.25, 0.3) is 0 Å². The molecule has 2 aromatic rings. The van der Waals surface area contributed by atoms with Crippen molar-refractivity contribution in [2.75, 3.05) is 20.6 Å². The molecule has 0 radical (unpaired) electrons. The zero-order valence-corrected chi connectivity index (χ0v) is 14.5. The molecule has 1 atom stereocenters. The molecule has 0 saturated carbocycles. The van der Waals surface area contributed by atoms with Crippen molar-refractivity contribution in [2.45, 2.75) is 12.2 Å². The second kappa shape index (κ2) is 7.50. The van der Waals surface area contributed by atoms with E-state index in [1.165, 1.54) is 0 Å². The van der Waals surface area contributed by atoms with Gasteiger partial charge in [-0.2, -0.15) is 13.2 Å². The second-order valence-corrected chi connectivity index (χ2v) is 6.51. The van der Waals surface area contributed by atoms with E-state index in [0.29, 0.717) is 16.4 Å². The highest BCUT2D eigenvalue weighted by atomic mass is 35.5. The molecule has 1 unspecified atom stereocenters. The number of hydrogen-bond acceptors (Lipinski definition) is 4. The van der Waals surface area contributed by atoms with Crippen LogP contribution in [-0.4, -0.2) is 36.4 Å². The van der Waals surface area contributed by atoms with E-state index in [1.54, 1.807) is 12.1 Å². The summed E-state index contributed by atoms with van der Waals surface area (Å²) >= 11 is 6.57. The van der Waals surface area contributed by atoms with Crippen molar-refractivity contribution in [2.24, 2.45) is 0 Å². The van der Waals surface area contributed by atoms with E-state index in [9.17, 15) is 18.0 Å². The van der Waals surface area contributed by atoms with Gasteiger partial charge in [-0.05, 0) is 25.7 Å². The Bertz CT molecular complexity index is 718. The lowest BCUT2D eigenvalue weighted by atomic mass is 10.1. The van der Waals surface area contributed by atoms with E-state index >= 15 is 0 Å². The molecule has 130 valence electrons. The Morgan fingerprint density at radius 3 is 2.58 bits per heavy atom. The molecule has 1 N–H and O–H groups in total. The normalized spacial score (nSPS) is 13.1. The highest BCUT2D eigenvalue weighted by molar-refractivity contribution is 7.09. The number of rotatable bonds is 5. The molecule has 0 bridgehead atoms. The first-order valence-electron chi connectivity index (χ1n) is 6.92. The van der Waals surface area contributed by atoms with E-state index in [0.717, 1.165) is 10.9 Å². The van der Waals surface area contributed by atoms with Gasteiger partial charge in [0, 0.05) is 16.9 Å². The summed E-state index contributed by atoms with van der Waals surface area (Å²) in [5.41, 5.74) is 0.572. The Morgan fingerprint density at radius 2 is 2.04 bits per heavy atom. The molecule has 1 heterocycles. The molecular formula is C15H15ClF3N3OS. The van der Waals surface area contributed by atoms with Crippen LogP contribution in [0.3, 0.4) is 0 Å². The number of halogens is 4. The Hall–Kier alpha value is -1.64. The lowest BCUT2D eigenvalue weighted by Crippen LogP contribution is -2.34. The van der Waals surface area contributed by atoms with Crippen LogP contribution in [0.4, 0.5) is 13.2 Å². The summed E-state index contributed by atoms with van der Waals surface area (Å²) in [5, 5.41) is 3.22. The van der Waals surface area contributed by atoms with Gasteiger partial charge in [0.1, 0.15) is 5.69 Å². The van der Waals surface area contributed by atoms with Crippen molar-refractivity contribution < 1.29 is 18.0 Å². The number of aromatic nitrogens is 1. The van der Waals surface area contributed by atoms with Crippen molar-refractivity contribution >= 4 is 28.8 Å². The van der Waals surface area contributed by atoms with Crippen LogP contribution < -0.4 is 5.32 Å². The molecule has 2 rings (SSSR count). The highest BCUT2D eigenvalue weighted by Crippen LogP contribution is 2.31. The largest absolute Gasteiger partial charge is 0.443 e. The van der Waals surface area contributed by atoms with Gasteiger partial charge in [0.15, 0.2) is 5.01 Å². The topological polar surface area (TPSA) is 45.2 Å². The molecule has 0 aliphatic rings. The Morgan fingerprint density at radius 1 is 1.38 bits per heavy atom. The van der Waals surface area contributed by atoms with Crippen molar-refractivity contribution in [3.05, 3.63) is 50.9 Å². The molecule has 0 aliphatic carbocycles. The number of likely N-dealkylation sites (N-methyl/N-ethyl adjacent to an activating group) is 1. The summed E-state index contributed by atoms with van der Waals surface area (Å²) in [6.07, 6.45) is -4.55. The van der Waals surface area contributed by atoms with Gasteiger partial charge in [0.2, 0.25) is 0 Å². The lowest BCUT2D eigenvalue weighted by Gasteiger charge is -2.25. The summed E-state index contributed by atoms with van der Waals surface area (Å²) in [6, 6.07) is 6.98. The molecule has 0 saturated heterocycles. The maximum atomic E-state index is 12.5. The minimum Gasteiger partial charge on any atom is -0.349 e. The van der Waals surface area contributed by atoms with Crippen LogP contribution in [0.5, 0.6) is 0 Å². The number of carbonyl (C=O) groups excluding carboxylic acids is 1. The monoisotopic (exact) mass is 377 g/mol. The molecule has 1 aromatic carbocycles. The SMILES string of the molecule is CN(C)C(CNC(=O)c1csc(C(F)(F)F)n1)c1ccccc1Cl. The first-order valence-corrected chi connectivity index (χ1v) is 8.17. The van der Waals surface area contributed by atoms with Gasteiger partial charge in [0.05, 0.1) is 6.04 Å². The smallest absolute Gasteiger partial charge is 0.349 e. The van der Waals surface area contributed by atoms with Crippen LogP contribution in [0.15, 0.2) is 29.6 Å². The van der Waals surface area contributed by atoms with Gasteiger partial charge >= 0.3 is 6.18 Å². The van der Waals surface area contributed by atoms with Crippen molar-refractivity contribution in [1.29, 1.82) is 0 Å². The van der Waals surface area contributed by atoms with E-state index in [-0.39, 0.29) is 18.3 Å². The van der Waals surface area contributed by atoms with Crippen LogP contribution in [-0.2, 0) is 6.18 Å². The minimum absolute atomic E-state index is 0.189. The highest BCUT2D eigenvalue weighted by Gasteiger charge is 2.35. The van der Waals surface area contributed by atoms with Crippen molar-refractivity contribution in [3.63, 3.8) is 0 Å². The van der Waals surface area contributed by atoms with Gasteiger partial charge in [-0.1, -0.05) is 29.8 Å². The average molecular weight is 378 g/mol. The van der Waals surface area contributed by atoms with Gasteiger partial charge in [-0.3, -0.25) is 4.79 Å². The average Bonchev–Trinajstić information content (AvgIpc) is 2.98. The predicted octanol–water partition coefficient (Wildman–Crippen LogP) is 3.85. The molecule has 0 spiro atoms.